The second-order valence-corrected chi connectivity index (χ2v) is 6.37. The lowest BCUT2D eigenvalue weighted by Gasteiger charge is -2.23. The van der Waals surface area contributed by atoms with Crippen LogP contribution in [0.1, 0.15) is 51.0 Å². The van der Waals surface area contributed by atoms with Crippen LogP contribution in [-0.2, 0) is 0 Å². The van der Waals surface area contributed by atoms with E-state index in [4.69, 9.17) is 0 Å². The first-order valence-corrected chi connectivity index (χ1v) is 8.67. The molecule has 1 atom stereocenters. The van der Waals surface area contributed by atoms with Gasteiger partial charge in [-0.05, 0) is 49.3 Å². The Hall–Kier alpha value is -1.55. The van der Waals surface area contributed by atoms with E-state index < -0.39 is 0 Å². The van der Waals surface area contributed by atoms with Crippen molar-refractivity contribution < 1.29 is 9.69 Å². The standard InChI is InChI=1S/C18H29N3O/c1-3-15(2)16-7-9-17(10-8-16)20-18(22)19-11-14-21-12-5-4-6-13-21/h7-10,15H,3-6,11-14H2,1-2H3,(H2,19,20,22)/p+1/t15-/m1/s1. The Morgan fingerprint density at radius 3 is 2.50 bits per heavy atom. The predicted octanol–water partition coefficient (Wildman–Crippen LogP) is 2.39. The summed E-state index contributed by atoms with van der Waals surface area (Å²) >= 11 is 0. The summed E-state index contributed by atoms with van der Waals surface area (Å²) in [6, 6.07) is 8.06. The van der Waals surface area contributed by atoms with Crippen LogP contribution in [0.5, 0.6) is 0 Å². The number of amides is 2. The summed E-state index contributed by atoms with van der Waals surface area (Å²) in [4.78, 5) is 13.5. The molecule has 0 radical (unpaired) electrons. The maximum absolute atomic E-state index is 11.9. The van der Waals surface area contributed by atoms with E-state index in [0.29, 0.717) is 5.92 Å². The molecule has 2 amide bonds. The highest BCUT2D eigenvalue weighted by atomic mass is 16.2. The highest BCUT2D eigenvalue weighted by Crippen LogP contribution is 2.20. The fraction of sp³-hybridized carbons (Fsp3) is 0.611. The molecule has 3 N–H and O–H groups in total. The fourth-order valence-corrected chi connectivity index (χ4v) is 2.96. The third-order valence-corrected chi connectivity index (χ3v) is 4.67. The van der Waals surface area contributed by atoms with Gasteiger partial charge in [-0.1, -0.05) is 26.0 Å². The number of anilines is 1. The summed E-state index contributed by atoms with van der Waals surface area (Å²) in [5, 5.41) is 5.86. The number of benzene rings is 1. The van der Waals surface area contributed by atoms with E-state index in [2.05, 4.69) is 36.6 Å². The number of urea groups is 1. The van der Waals surface area contributed by atoms with E-state index >= 15 is 0 Å². The first-order chi connectivity index (χ1) is 10.7. The summed E-state index contributed by atoms with van der Waals surface area (Å²) in [6.45, 7) is 8.68. The van der Waals surface area contributed by atoms with Crippen LogP contribution in [0.15, 0.2) is 24.3 Å². The number of likely N-dealkylation sites (tertiary alicyclic amines) is 1. The average Bonchev–Trinajstić information content (AvgIpc) is 2.56. The van der Waals surface area contributed by atoms with Crippen molar-refractivity contribution in [3.63, 3.8) is 0 Å². The Morgan fingerprint density at radius 1 is 1.18 bits per heavy atom. The monoisotopic (exact) mass is 304 g/mol. The van der Waals surface area contributed by atoms with E-state index in [0.717, 1.165) is 25.2 Å². The lowest BCUT2D eigenvalue weighted by molar-refractivity contribution is -0.903. The maximum Gasteiger partial charge on any atom is 0.319 e. The Balaban J connectivity index is 1.70. The quantitative estimate of drug-likeness (QED) is 0.742. The molecule has 1 fully saturated rings. The molecule has 1 aromatic rings. The Labute approximate surface area is 134 Å². The van der Waals surface area contributed by atoms with Crippen LogP contribution in [-0.4, -0.2) is 32.2 Å². The largest absolute Gasteiger partial charge is 0.333 e. The Morgan fingerprint density at radius 2 is 1.86 bits per heavy atom. The van der Waals surface area contributed by atoms with Crippen molar-refractivity contribution in [1.29, 1.82) is 0 Å². The second kappa shape index (κ2) is 8.79. The molecular formula is C18H30N3O+. The topological polar surface area (TPSA) is 45.6 Å². The highest BCUT2D eigenvalue weighted by molar-refractivity contribution is 5.89. The summed E-state index contributed by atoms with van der Waals surface area (Å²) in [5.41, 5.74) is 2.18. The molecule has 0 unspecified atom stereocenters. The zero-order valence-electron chi connectivity index (χ0n) is 14.0. The molecule has 2 rings (SSSR count). The summed E-state index contributed by atoms with van der Waals surface area (Å²) in [6.07, 6.45) is 5.14. The Bertz CT molecular complexity index is 452. The highest BCUT2D eigenvalue weighted by Gasteiger charge is 2.13. The molecule has 1 heterocycles. The van der Waals surface area contributed by atoms with E-state index in [1.54, 1.807) is 4.90 Å². The van der Waals surface area contributed by atoms with Gasteiger partial charge in [0.15, 0.2) is 0 Å². The van der Waals surface area contributed by atoms with Gasteiger partial charge in [0.1, 0.15) is 0 Å². The van der Waals surface area contributed by atoms with Gasteiger partial charge in [0, 0.05) is 5.69 Å². The second-order valence-electron chi connectivity index (χ2n) is 6.37. The SMILES string of the molecule is CC[C@@H](C)c1ccc(NC(=O)NCC[NH+]2CCCCC2)cc1. The van der Waals surface area contributed by atoms with Crippen molar-refractivity contribution in [2.45, 2.75) is 45.4 Å². The van der Waals surface area contributed by atoms with Gasteiger partial charge >= 0.3 is 6.03 Å². The predicted molar refractivity (Wildman–Crippen MR) is 91.6 cm³/mol. The van der Waals surface area contributed by atoms with Crippen molar-refractivity contribution >= 4 is 11.7 Å². The third-order valence-electron chi connectivity index (χ3n) is 4.67. The lowest BCUT2D eigenvalue weighted by atomic mass is 9.99. The number of carbonyl (C=O) groups is 1. The Kier molecular flexibility index (Phi) is 6.72. The minimum Gasteiger partial charge on any atom is -0.333 e. The van der Waals surface area contributed by atoms with Crippen LogP contribution in [0.25, 0.3) is 0 Å². The average molecular weight is 304 g/mol. The molecule has 1 saturated heterocycles. The van der Waals surface area contributed by atoms with Gasteiger partial charge in [0.05, 0.1) is 26.2 Å². The van der Waals surface area contributed by atoms with Crippen molar-refractivity contribution in [3.8, 4) is 0 Å². The molecule has 0 saturated carbocycles. The number of quaternary nitrogens is 1. The van der Waals surface area contributed by atoms with E-state index in [9.17, 15) is 4.79 Å². The molecule has 0 aliphatic carbocycles. The number of rotatable bonds is 6. The van der Waals surface area contributed by atoms with Gasteiger partial charge in [-0.15, -0.1) is 0 Å². The number of hydrogen-bond donors (Lipinski definition) is 3. The summed E-state index contributed by atoms with van der Waals surface area (Å²) < 4.78 is 0. The van der Waals surface area contributed by atoms with Crippen molar-refractivity contribution in [2.75, 3.05) is 31.5 Å². The van der Waals surface area contributed by atoms with Gasteiger partial charge < -0.3 is 15.5 Å². The number of carbonyl (C=O) groups excluding carboxylic acids is 1. The van der Waals surface area contributed by atoms with Crippen molar-refractivity contribution in [3.05, 3.63) is 29.8 Å². The summed E-state index contributed by atoms with van der Waals surface area (Å²) in [5.74, 6) is 0.565. The summed E-state index contributed by atoms with van der Waals surface area (Å²) in [7, 11) is 0. The van der Waals surface area contributed by atoms with Crippen LogP contribution >= 0.6 is 0 Å². The zero-order chi connectivity index (χ0) is 15.8. The van der Waals surface area contributed by atoms with Gasteiger partial charge in [-0.3, -0.25) is 0 Å². The van der Waals surface area contributed by atoms with Gasteiger partial charge in [-0.2, -0.15) is 0 Å². The normalized spacial score (nSPS) is 17.0. The maximum atomic E-state index is 11.9. The molecule has 4 heteroatoms. The molecule has 1 aliphatic heterocycles. The molecule has 1 aromatic carbocycles. The molecule has 0 aromatic heterocycles. The molecule has 4 nitrogen and oxygen atoms in total. The van der Waals surface area contributed by atoms with E-state index in [-0.39, 0.29) is 6.03 Å². The molecule has 1 aliphatic rings. The van der Waals surface area contributed by atoms with Crippen molar-refractivity contribution in [2.24, 2.45) is 0 Å². The third kappa shape index (κ3) is 5.34. The van der Waals surface area contributed by atoms with Crippen LogP contribution in [0, 0.1) is 0 Å². The molecule has 0 spiro atoms. The smallest absolute Gasteiger partial charge is 0.319 e. The minimum absolute atomic E-state index is 0.104. The van der Waals surface area contributed by atoms with Crippen molar-refractivity contribution in [1.82, 2.24) is 5.32 Å². The molecule has 0 bridgehead atoms. The van der Waals surface area contributed by atoms with Crippen LogP contribution < -0.4 is 15.5 Å². The minimum atomic E-state index is -0.104. The lowest BCUT2D eigenvalue weighted by Crippen LogP contribution is -3.13. The van der Waals surface area contributed by atoms with Gasteiger partial charge in [-0.25, -0.2) is 4.79 Å². The molecule has 122 valence electrons. The zero-order valence-corrected chi connectivity index (χ0v) is 14.0. The van der Waals surface area contributed by atoms with Gasteiger partial charge in [0.25, 0.3) is 0 Å². The molecule has 22 heavy (non-hydrogen) atoms. The first-order valence-electron chi connectivity index (χ1n) is 8.67. The fourth-order valence-electron chi connectivity index (χ4n) is 2.96. The van der Waals surface area contributed by atoms with E-state index in [1.807, 2.05) is 12.1 Å². The molecular weight excluding hydrogens is 274 g/mol. The van der Waals surface area contributed by atoms with Crippen LogP contribution in [0.2, 0.25) is 0 Å². The number of hydrogen-bond acceptors (Lipinski definition) is 1. The van der Waals surface area contributed by atoms with E-state index in [1.165, 1.54) is 37.9 Å². The number of nitrogens with one attached hydrogen (secondary N) is 3. The first kappa shape index (κ1) is 16.8. The van der Waals surface area contributed by atoms with Gasteiger partial charge in [0.2, 0.25) is 0 Å². The number of piperidine rings is 1. The van der Waals surface area contributed by atoms with Crippen LogP contribution in [0.4, 0.5) is 10.5 Å². The van der Waals surface area contributed by atoms with Crippen LogP contribution in [0.3, 0.4) is 0 Å².